The average molecular weight is 460 g/mol. The first-order valence-corrected chi connectivity index (χ1v) is 13.0. The van der Waals surface area contributed by atoms with Crippen molar-refractivity contribution in [1.29, 1.82) is 0 Å². The lowest BCUT2D eigenvalue weighted by Gasteiger charge is -2.38. The Kier molecular flexibility index (Phi) is 8.79. The molecular formula is C26H37NO4S. The first kappa shape index (κ1) is 24.8. The largest absolute Gasteiger partial charge is 0.477 e. The predicted molar refractivity (Wildman–Crippen MR) is 129 cm³/mol. The number of hydrogen-bond acceptors (Lipinski definition) is 4. The van der Waals surface area contributed by atoms with Gasteiger partial charge in [-0.3, -0.25) is 4.79 Å². The van der Waals surface area contributed by atoms with Crippen LogP contribution in [0.3, 0.4) is 0 Å². The lowest BCUT2D eigenvalue weighted by Crippen LogP contribution is -2.47. The molecule has 0 radical (unpaired) electrons. The number of rotatable bonds is 6. The van der Waals surface area contributed by atoms with Crippen LogP contribution in [0.15, 0.2) is 6.07 Å². The zero-order chi connectivity index (χ0) is 23.3. The smallest absolute Gasteiger partial charge is 0.348 e. The monoisotopic (exact) mass is 459 g/mol. The molecule has 2 fully saturated rings. The van der Waals surface area contributed by atoms with E-state index in [0.717, 1.165) is 38.5 Å². The molecule has 1 aromatic heterocycles. The molecule has 0 aromatic carbocycles. The van der Waals surface area contributed by atoms with Crippen molar-refractivity contribution in [3.05, 3.63) is 15.8 Å². The first-order valence-electron chi connectivity index (χ1n) is 12.2. The van der Waals surface area contributed by atoms with Crippen molar-refractivity contribution < 1.29 is 19.8 Å². The Morgan fingerprint density at radius 2 is 1.81 bits per heavy atom. The number of aliphatic hydroxyl groups excluding tert-OH is 1. The van der Waals surface area contributed by atoms with Crippen LogP contribution in [0.25, 0.3) is 0 Å². The molecule has 0 aliphatic heterocycles. The second-order valence-corrected chi connectivity index (χ2v) is 10.8. The molecule has 2 saturated carbocycles. The van der Waals surface area contributed by atoms with E-state index >= 15 is 0 Å². The van der Waals surface area contributed by atoms with Crippen molar-refractivity contribution in [2.45, 2.75) is 97.1 Å². The lowest BCUT2D eigenvalue weighted by molar-refractivity contribution is -0.124. The Morgan fingerprint density at radius 1 is 1.16 bits per heavy atom. The van der Waals surface area contributed by atoms with Gasteiger partial charge < -0.3 is 15.1 Å². The number of anilines is 1. The molecule has 2 aliphatic rings. The van der Waals surface area contributed by atoms with Gasteiger partial charge in [-0.25, -0.2) is 4.79 Å². The summed E-state index contributed by atoms with van der Waals surface area (Å²) in [6.45, 7) is 6.43. The maximum absolute atomic E-state index is 13.8. The highest BCUT2D eigenvalue weighted by molar-refractivity contribution is 7.15. The molecule has 6 heteroatoms. The van der Waals surface area contributed by atoms with Gasteiger partial charge in [0.15, 0.2) is 0 Å². The highest BCUT2D eigenvalue weighted by Gasteiger charge is 2.37. The molecule has 0 bridgehead atoms. The maximum Gasteiger partial charge on any atom is 0.348 e. The minimum Gasteiger partial charge on any atom is -0.477 e. The van der Waals surface area contributed by atoms with E-state index in [9.17, 15) is 19.8 Å². The van der Waals surface area contributed by atoms with Gasteiger partial charge in [0.1, 0.15) is 4.88 Å². The van der Waals surface area contributed by atoms with Crippen molar-refractivity contribution in [2.24, 2.45) is 17.8 Å². The molecule has 1 unspecified atom stereocenters. The number of carbonyl (C=O) groups is 2. The summed E-state index contributed by atoms with van der Waals surface area (Å²) in [6, 6.07) is 1.74. The Hall–Kier alpha value is -1.84. The van der Waals surface area contributed by atoms with E-state index in [1.165, 1.54) is 11.3 Å². The standard InChI is InChI=1S/C26H37NO4S/c1-4-5-17(2)8-15-22-16-23(24(32-22)26(30)31)27(20-11-13-21(28)14-12-20)25(29)19-9-6-18(3)7-10-19/h16-21,28H,4-7,9-14H2,1-3H3,(H,30,31)/t17?,18-,19-,20-,21-. The molecule has 0 saturated heterocycles. The molecule has 1 amide bonds. The molecule has 3 rings (SSSR count). The molecule has 1 heterocycles. The van der Waals surface area contributed by atoms with E-state index in [2.05, 4.69) is 32.6 Å². The van der Waals surface area contributed by atoms with Crippen LogP contribution in [0.4, 0.5) is 5.69 Å². The Bertz CT molecular complexity index is 851. The van der Waals surface area contributed by atoms with Gasteiger partial charge in [0.05, 0.1) is 16.7 Å². The number of hydrogen-bond donors (Lipinski definition) is 2. The van der Waals surface area contributed by atoms with Gasteiger partial charge in [0, 0.05) is 17.9 Å². The van der Waals surface area contributed by atoms with Crippen LogP contribution in [0, 0.1) is 29.6 Å². The zero-order valence-electron chi connectivity index (χ0n) is 19.6. The summed E-state index contributed by atoms with van der Waals surface area (Å²) in [7, 11) is 0. The van der Waals surface area contributed by atoms with E-state index in [-0.39, 0.29) is 34.8 Å². The summed E-state index contributed by atoms with van der Waals surface area (Å²) in [6.07, 6.45) is 8.20. The molecule has 176 valence electrons. The van der Waals surface area contributed by atoms with Gasteiger partial charge in [0.2, 0.25) is 5.91 Å². The van der Waals surface area contributed by atoms with Crippen molar-refractivity contribution in [3.63, 3.8) is 0 Å². The third kappa shape index (κ3) is 6.14. The fourth-order valence-corrected chi connectivity index (χ4v) is 5.84. The molecule has 2 N–H and O–H groups in total. The summed E-state index contributed by atoms with van der Waals surface area (Å²) in [5.41, 5.74) is 0.500. The molecule has 32 heavy (non-hydrogen) atoms. The number of carboxylic acids is 1. The second kappa shape index (κ2) is 11.3. The van der Waals surface area contributed by atoms with Crippen molar-refractivity contribution >= 4 is 28.9 Å². The number of amides is 1. The summed E-state index contributed by atoms with van der Waals surface area (Å²) < 4.78 is 0. The number of aliphatic hydroxyl groups is 1. The van der Waals surface area contributed by atoms with E-state index in [0.29, 0.717) is 42.2 Å². The summed E-state index contributed by atoms with van der Waals surface area (Å²) in [4.78, 5) is 28.6. The average Bonchev–Trinajstić information content (AvgIpc) is 3.18. The molecule has 1 atom stereocenters. The Balaban J connectivity index is 1.95. The molecule has 5 nitrogen and oxygen atoms in total. The molecule has 2 aliphatic carbocycles. The molecular weight excluding hydrogens is 422 g/mol. The zero-order valence-corrected chi connectivity index (χ0v) is 20.4. The fourth-order valence-electron chi connectivity index (χ4n) is 4.99. The minimum atomic E-state index is -1.01. The number of nitrogens with zero attached hydrogens (tertiary/aromatic N) is 1. The summed E-state index contributed by atoms with van der Waals surface area (Å²) in [5.74, 6) is 6.27. The highest BCUT2D eigenvalue weighted by Crippen LogP contribution is 2.38. The fraction of sp³-hybridized carbons (Fsp3) is 0.692. The van der Waals surface area contributed by atoms with Crippen LogP contribution in [-0.2, 0) is 4.79 Å². The SMILES string of the molecule is CCCC(C)C#Cc1cc(N(C(=O)[C@H]2CC[C@H](C)CC2)[C@H]2CC[C@H](O)CC2)c(C(=O)O)s1. The van der Waals surface area contributed by atoms with E-state index in [4.69, 9.17) is 0 Å². The van der Waals surface area contributed by atoms with Crippen molar-refractivity contribution in [3.8, 4) is 11.8 Å². The van der Waals surface area contributed by atoms with Gasteiger partial charge in [-0.1, -0.05) is 39.0 Å². The van der Waals surface area contributed by atoms with Gasteiger partial charge in [-0.2, -0.15) is 0 Å². The van der Waals surface area contributed by atoms with Gasteiger partial charge in [-0.15, -0.1) is 11.3 Å². The van der Waals surface area contributed by atoms with Crippen LogP contribution >= 0.6 is 11.3 Å². The van der Waals surface area contributed by atoms with Gasteiger partial charge in [-0.05, 0) is 69.8 Å². The van der Waals surface area contributed by atoms with Crippen LogP contribution in [0.1, 0.15) is 99.5 Å². The number of aromatic carboxylic acids is 1. The third-order valence-corrected chi connectivity index (χ3v) is 7.99. The normalized spacial score (nSPS) is 26.6. The Morgan fingerprint density at radius 3 is 2.41 bits per heavy atom. The summed E-state index contributed by atoms with van der Waals surface area (Å²) >= 11 is 1.17. The number of carbonyl (C=O) groups excluding carboxylic acids is 1. The third-order valence-electron chi connectivity index (χ3n) is 6.96. The van der Waals surface area contributed by atoms with E-state index in [1.807, 2.05) is 6.07 Å². The topological polar surface area (TPSA) is 77.8 Å². The van der Waals surface area contributed by atoms with Crippen molar-refractivity contribution in [2.75, 3.05) is 4.90 Å². The van der Waals surface area contributed by atoms with Gasteiger partial charge in [0.25, 0.3) is 0 Å². The van der Waals surface area contributed by atoms with Crippen molar-refractivity contribution in [1.82, 2.24) is 0 Å². The molecule has 0 spiro atoms. The quantitative estimate of drug-likeness (QED) is 0.535. The highest BCUT2D eigenvalue weighted by atomic mass is 32.1. The van der Waals surface area contributed by atoms with Crippen LogP contribution in [-0.4, -0.2) is 34.2 Å². The lowest BCUT2D eigenvalue weighted by atomic mass is 9.81. The van der Waals surface area contributed by atoms with Gasteiger partial charge >= 0.3 is 5.97 Å². The molecule has 1 aromatic rings. The minimum absolute atomic E-state index is 0.0532. The van der Waals surface area contributed by atoms with Crippen LogP contribution in [0.5, 0.6) is 0 Å². The first-order chi connectivity index (χ1) is 15.3. The predicted octanol–water partition coefficient (Wildman–Crippen LogP) is 5.70. The number of carboxylic acid groups (broad SMARTS) is 1. The maximum atomic E-state index is 13.8. The van der Waals surface area contributed by atoms with E-state index < -0.39 is 5.97 Å². The van der Waals surface area contributed by atoms with Crippen LogP contribution < -0.4 is 4.90 Å². The van der Waals surface area contributed by atoms with E-state index in [1.54, 1.807) is 4.90 Å². The second-order valence-electron chi connectivity index (χ2n) is 9.72. The number of thiophene rings is 1. The Labute approximate surface area is 196 Å². The summed E-state index contributed by atoms with van der Waals surface area (Å²) in [5, 5.41) is 19.9. The van der Waals surface area contributed by atoms with Crippen LogP contribution in [0.2, 0.25) is 0 Å².